The average Bonchev–Trinajstić information content (AvgIpc) is 3.60. The minimum Gasteiger partial charge on any atom is -0.341 e. The van der Waals surface area contributed by atoms with Crippen LogP contribution in [0.15, 0.2) is 53.3 Å². The zero-order valence-corrected chi connectivity index (χ0v) is 17.9. The molecule has 1 aliphatic heterocycles. The molecule has 1 aliphatic carbocycles. The van der Waals surface area contributed by atoms with Crippen molar-refractivity contribution in [2.45, 2.75) is 38.3 Å². The molecule has 3 aromatic rings. The molecule has 2 aliphatic rings. The van der Waals surface area contributed by atoms with Crippen LogP contribution in [0.2, 0.25) is 0 Å². The first-order chi connectivity index (χ1) is 14.2. The quantitative estimate of drug-likeness (QED) is 0.636. The molecular weight excluding hydrogens is 398 g/mol. The number of fused-ring (bicyclic) bond motifs is 2. The fraction of sp³-hybridized carbons (Fsp3) is 0.417. The van der Waals surface area contributed by atoms with Gasteiger partial charge in [-0.05, 0) is 62.4 Å². The van der Waals surface area contributed by atoms with Crippen molar-refractivity contribution in [3.63, 3.8) is 0 Å². The largest absolute Gasteiger partial charge is 0.341 e. The Bertz CT molecular complexity index is 1050. The summed E-state index contributed by atoms with van der Waals surface area (Å²) in [5.74, 6) is 1.02. The van der Waals surface area contributed by atoms with Crippen LogP contribution in [0.25, 0.3) is 21.8 Å². The number of carbonyl (C=O) groups is 1. The zero-order chi connectivity index (χ0) is 19.8. The van der Waals surface area contributed by atoms with Crippen molar-refractivity contribution in [3.05, 3.63) is 58.8 Å². The third kappa shape index (κ3) is 4.09. The number of piperidine rings is 1. The number of aromatic nitrogens is 1. The number of amides is 1. The van der Waals surface area contributed by atoms with Gasteiger partial charge in [0.2, 0.25) is 5.91 Å². The predicted molar refractivity (Wildman–Crippen MR) is 123 cm³/mol. The molecule has 0 radical (unpaired) electrons. The fourth-order valence-electron chi connectivity index (χ4n) is 4.47. The molecule has 0 bridgehead atoms. The first-order valence-electron chi connectivity index (χ1n) is 10.7. The van der Waals surface area contributed by atoms with Gasteiger partial charge in [0.15, 0.2) is 5.43 Å². The Kier molecular flexibility index (Phi) is 6.11. The molecule has 1 saturated heterocycles. The number of carbonyl (C=O) groups excluding carboxylic acids is 1. The molecule has 158 valence electrons. The van der Waals surface area contributed by atoms with Gasteiger partial charge in [-0.25, -0.2) is 0 Å². The standard InChI is InChI=1S/C24H27N3O2.ClH/c28-23(26-13-11-18(12-14-26)25-15-17-9-10-17)16-27-21-7-3-1-5-19(21)24(29)20-6-2-4-8-22(20)27;/h1-8,17-18,25H,9-16H2;1H. The Balaban J connectivity index is 0.00000218. The van der Waals surface area contributed by atoms with Crippen molar-refractivity contribution < 1.29 is 4.79 Å². The van der Waals surface area contributed by atoms with Crippen LogP contribution in [0.1, 0.15) is 25.7 Å². The van der Waals surface area contributed by atoms with Crippen molar-refractivity contribution in [2.24, 2.45) is 5.92 Å². The van der Waals surface area contributed by atoms with Crippen molar-refractivity contribution >= 4 is 40.1 Å². The second-order valence-electron chi connectivity index (χ2n) is 8.46. The van der Waals surface area contributed by atoms with Gasteiger partial charge in [0.25, 0.3) is 0 Å². The van der Waals surface area contributed by atoms with Gasteiger partial charge in [0.05, 0.1) is 11.0 Å². The lowest BCUT2D eigenvalue weighted by molar-refractivity contribution is -0.132. The molecule has 2 heterocycles. The number of hydrogen-bond donors (Lipinski definition) is 1. The molecule has 1 aromatic heterocycles. The van der Waals surface area contributed by atoms with Crippen LogP contribution in [0.4, 0.5) is 0 Å². The lowest BCUT2D eigenvalue weighted by Gasteiger charge is -2.33. The van der Waals surface area contributed by atoms with Crippen LogP contribution in [-0.4, -0.2) is 41.1 Å². The van der Waals surface area contributed by atoms with Gasteiger partial charge in [-0.2, -0.15) is 0 Å². The summed E-state index contributed by atoms with van der Waals surface area (Å²) in [4.78, 5) is 28.0. The highest BCUT2D eigenvalue weighted by molar-refractivity contribution is 5.94. The smallest absolute Gasteiger partial charge is 0.242 e. The highest BCUT2D eigenvalue weighted by Gasteiger charge is 2.26. The summed E-state index contributed by atoms with van der Waals surface area (Å²) in [5, 5.41) is 5.01. The van der Waals surface area contributed by atoms with Crippen LogP contribution in [0.3, 0.4) is 0 Å². The van der Waals surface area contributed by atoms with E-state index in [1.165, 1.54) is 12.8 Å². The van der Waals surface area contributed by atoms with Crippen LogP contribution in [0, 0.1) is 5.92 Å². The summed E-state index contributed by atoms with van der Waals surface area (Å²) in [6.45, 7) is 3.00. The van der Waals surface area contributed by atoms with Crippen LogP contribution >= 0.6 is 12.4 Å². The van der Waals surface area contributed by atoms with E-state index < -0.39 is 0 Å². The monoisotopic (exact) mass is 425 g/mol. The van der Waals surface area contributed by atoms with E-state index in [1.807, 2.05) is 58.0 Å². The van der Waals surface area contributed by atoms with Crippen molar-refractivity contribution in [1.82, 2.24) is 14.8 Å². The van der Waals surface area contributed by atoms with E-state index in [0.29, 0.717) is 16.8 Å². The number of benzene rings is 2. The predicted octanol–water partition coefficient (Wildman–Crippen LogP) is 3.57. The maximum Gasteiger partial charge on any atom is 0.242 e. The van der Waals surface area contributed by atoms with Crippen molar-refractivity contribution in [1.29, 1.82) is 0 Å². The van der Waals surface area contributed by atoms with E-state index in [9.17, 15) is 9.59 Å². The number of hydrogen-bond acceptors (Lipinski definition) is 3. The number of nitrogens with one attached hydrogen (secondary N) is 1. The highest BCUT2D eigenvalue weighted by Crippen LogP contribution is 2.28. The van der Waals surface area contributed by atoms with Gasteiger partial charge in [-0.3, -0.25) is 9.59 Å². The number of para-hydroxylation sites is 2. The molecule has 1 amide bonds. The summed E-state index contributed by atoms with van der Waals surface area (Å²) in [6.07, 6.45) is 4.77. The van der Waals surface area contributed by atoms with E-state index in [4.69, 9.17) is 0 Å². The molecule has 1 N–H and O–H groups in total. The number of nitrogens with zero attached hydrogens (tertiary/aromatic N) is 2. The molecule has 5 rings (SSSR count). The first-order valence-corrected chi connectivity index (χ1v) is 10.7. The van der Waals surface area contributed by atoms with Gasteiger partial charge in [0.1, 0.15) is 6.54 Å². The molecule has 2 fully saturated rings. The number of halogens is 1. The molecule has 2 aromatic carbocycles. The minimum absolute atomic E-state index is 0. The Labute approximate surface area is 182 Å². The van der Waals surface area contributed by atoms with Gasteiger partial charge in [0, 0.05) is 29.9 Å². The van der Waals surface area contributed by atoms with Crippen molar-refractivity contribution in [2.75, 3.05) is 19.6 Å². The Morgan fingerprint density at radius 2 is 1.47 bits per heavy atom. The van der Waals surface area contributed by atoms with Crippen LogP contribution in [0.5, 0.6) is 0 Å². The van der Waals surface area contributed by atoms with E-state index in [0.717, 1.165) is 49.4 Å². The molecular formula is C24H28ClN3O2. The summed E-state index contributed by atoms with van der Waals surface area (Å²) in [6, 6.07) is 15.7. The highest BCUT2D eigenvalue weighted by atomic mass is 35.5. The molecule has 0 atom stereocenters. The number of likely N-dealkylation sites (tertiary alicyclic amines) is 1. The SMILES string of the molecule is Cl.O=C(Cn1c2ccccc2c(=O)c2ccccc21)N1CCC(NCC2CC2)CC1. The zero-order valence-electron chi connectivity index (χ0n) is 17.0. The van der Waals surface area contributed by atoms with Gasteiger partial charge in [-0.1, -0.05) is 24.3 Å². The summed E-state index contributed by atoms with van der Waals surface area (Å²) < 4.78 is 2.01. The molecule has 30 heavy (non-hydrogen) atoms. The number of rotatable bonds is 5. The van der Waals surface area contributed by atoms with Crippen molar-refractivity contribution in [3.8, 4) is 0 Å². The topological polar surface area (TPSA) is 54.3 Å². The average molecular weight is 426 g/mol. The number of pyridine rings is 1. The molecule has 1 saturated carbocycles. The van der Waals surface area contributed by atoms with Gasteiger partial charge < -0.3 is 14.8 Å². The second kappa shape index (κ2) is 8.78. The maximum atomic E-state index is 13.1. The first kappa shape index (κ1) is 20.9. The lowest BCUT2D eigenvalue weighted by Crippen LogP contribution is -2.46. The molecule has 6 heteroatoms. The molecule has 0 spiro atoms. The van der Waals surface area contributed by atoms with E-state index in [1.54, 1.807) is 0 Å². The Morgan fingerprint density at radius 3 is 2.03 bits per heavy atom. The van der Waals surface area contributed by atoms with E-state index in [2.05, 4.69) is 5.32 Å². The summed E-state index contributed by atoms with van der Waals surface area (Å²) in [5.41, 5.74) is 1.68. The fourth-order valence-corrected chi connectivity index (χ4v) is 4.47. The molecule has 5 nitrogen and oxygen atoms in total. The maximum absolute atomic E-state index is 13.1. The van der Waals surface area contributed by atoms with Crippen LogP contribution < -0.4 is 10.7 Å². The minimum atomic E-state index is 0. The van der Waals surface area contributed by atoms with E-state index >= 15 is 0 Å². The third-order valence-corrected chi connectivity index (χ3v) is 6.41. The summed E-state index contributed by atoms with van der Waals surface area (Å²) in [7, 11) is 0. The van der Waals surface area contributed by atoms with Gasteiger partial charge >= 0.3 is 0 Å². The van der Waals surface area contributed by atoms with E-state index in [-0.39, 0.29) is 30.3 Å². The van der Waals surface area contributed by atoms with Crippen LogP contribution in [-0.2, 0) is 11.3 Å². The molecule has 0 unspecified atom stereocenters. The van der Waals surface area contributed by atoms with Gasteiger partial charge in [-0.15, -0.1) is 12.4 Å². The second-order valence-corrected chi connectivity index (χ2v) is 8.46. The Hall–Kier alpha value is -2.37. The Morgan fingerprint density at radius 1 is 0.900 bits per heavy atom. The lowest BCUT2D eigenvalue weighted by atomic mass is 10.0. The summed E-state index contributed by atoms with van der Waals surface area (Å²) >= 11 is 0. The third-order valence-electron chi connectivity index (χ3n) is 6.41. The normalized spacial score (nSPS) is 17.3.